The number of hydrogen-bond donors (Lipinski definition) is 2. The van der Waals surface area contributed by atoms with Crippen LogP contribution in [0.3, 0.4) is 0 Å². The molecule has 5 heteroatoms. The number of amides is 1. The summed E-state index contributed by atoms with van der Waals surface area (Å²) in [6.07, 6.45) is 6.35. The Hall–Kier alpha value is -1.62. The van der Waals surface area contributed by atoms with E-state index in [1.807, 2.05) is 12.1 Å². The van der Waals surface area contributed by atoms with E-state index in [-0.39, 0.29) is 11.8 Å². The van der Waals surface area contributed by atoms with Crippen LogP contribution in [0.1, 0.15) is 25.7 Å². The second kappa shape index (κ2) is 5.57. The van der Waals surface area contributed by atoms with Gasteiger partial charge in [-0.1, -0.05) is 0 Å². The van der Waals surface area contributed by atoms with Crippen LogP contribution in [0.25, 0.3) is 0 Å². The molecule has 1 aromatic heterocycles. The first kappa shape index (κ1) is 12.4. The molecule has 0 spiro atoms. The highest BCUT2D eigenvalue weighted by molar-refractivity contribution is 5.93. The lowest BCUT2D eigenvalue weighted by molar-refractivity contribution is -0.117. The molecule has 3 rings (SSSR count). The molecule has 2 heterocycles. The van der Waals surface area contributed by atoms with Gasteiger partial charge in [-0.05, 0) is 37.8 Å². The molecule has 5 nitrogen and oxygen atoms in total. The number of hydrogen-bond acceptors (Lipinski definition) is 4. The van der Waals surface area contributed by atoms with Crippen molar-refractivity contribution in [3.8, 4) is 0 Å². The van der Waals surface area contributed by atoms with Crippen molar-refractivity contribution >= 4 is 17.4 Å². The molecule has 0 aromatic carbocycles. The van der Waals surface area contributed by atoms with Gasteiger partial charge in [0.15, 0.2) is 0 Å². The van der Waals surface area contributed by atoms with E-state index in [2.05, 4.69) is 15.6 Å². The summed E-state index contributed by atoms with van der Waals surface area (Å²) in [5.41, 5.74) is 0.958. The molecule has 1 aliphatic heterocycles. The monoisotopic (exact) mass is 261 g/mol. The standard InChI is InChI=1S/C14H19N3O2/c18-14(10-3-4-10)17-13-6-5-11(8-16-13)15-9-12-2-1-7-19-12/h5-6,8,10,12,15H,1-4,7,9H2,(H,16,17,18). The normalized spacial score (nSPS) is 22.2. The third-order valence-electron chi connectivity index (χ3n) is 3.52. The minimum absolute atomic E-state index is 0.0903. The van der Waals surface area contributed by atoms with Crippen molar-refractivity contribution in [3.05, 3.63) is 18.3 Å². The maximum absolute atomic E-state index is 11.6. The average molecular weight is 261 g/mol. The molecule has 2 N–H and O–H groups in total. The first-order valence-corrected chi connectivity index (χ1v) is 6.93. The van der Waals surface area contributed by atoms with Crippen LogP contribution in [0.4, 0.5) is 11.5 Å². The third kappa shape index (κ3) is 3.44. The average Bonchev–Trinajstić information content (AvgIpc) is 3.16. The topological polar surface area (TPSA) is 63.2 Å². The van der Waals surface area contributed by atoms with E-state index in [9.17, 15) is 4.79 Å². The predicted octanol–water partition coefficient (Wildman–Crippen LogP) is 2.02. The Morgan fingerprint density at radius 1 is 1.37 bits per heavy atom. The lowest BCUT2D eigenvalue weighted by atomic mass is 10.2. The molecule has 1 aliphatic carbocycles. The molecule has 19 heavy (non-hydrogen) atoms. The summed E-state index contributed by atoms with van der Waals surface area (Å²) in [5, 5.41) is 6.13. The molecule has 1 unspecified atom stereocenters. The number of nitrogens with one attached hydrogen (secondary N) is 2. The van der Waals surface area contributed by atoms with Crippen molar-refractivity contribution < 1.29 is 9.53 Å². The zero-order chi connectivity index (χ0) is 13.1. The van der Waals surface area contributed by atoms with Gasteiger partial charge < -0.3 is 15.4 Å². The number of pyridine rings is 1. The minimum Gasteiger partial charge on any atom is -0.381 e. The Labute approximate surface area is 112 Å². The quantitative estimate of drug-likeness (QED) is 0.851. The van der Waals surface area contributed by atoms with Crippen molar-refractivity contribution in [2.45, 2.75) is 31.8 Å². The Morgan fingerprint density at radius 2 is 2.26 bits per heavy atom. The molecule has 0 radical (unpaired) electrons. The highest BCUT2D eigenvalue weighted by atomic mass is 16.5. The molecule has 2 aliphatic rings. The van der Waals surface area contributed by atoms with Gasteiger partial charge in [-0.3, -0.25) is 4.79 Å². The van der Waals surface area contributed by atoms with Crippen LogP contribution in [-0.4, -0.2) is 30.1 Å². The molecule has 1 amide bonds. The van der Waals surface area contributed by atoms with Crippen LogP contribution < -0.4 is 10.6 Å². The SMILES string of the molecule is O=C(Nc1ccc(NCC2CCCO2)cn1)C1CC1. The fourth-order valence-electron chi connectivity index (χ4n) is 2.18. The number of nitrogens with zero attached hydrogens (tertiary/aromatic N) is 1. The van der Waals surface area contributed by atoms with Crippen LogP contribution in [0, 0.1) is 5.92 Å². The van der Waals surface area contributed by atoms with Gasteiger partial charge in [-0.25, -0.2) is 4.98 Å². The molecule has 102 valence electrons. The molecule has 1 saturated carbocycles. The van der Waals surface area contributed by atoms with E-state index in [0.29, 0.717) is 11.9 Å². The van der Waals surface area contributed by atoms with Gasteiger partial charge in [0.05, 0.1) is 18.0 Å². The maximum Gasteiger partial charge on any atom is 0.228 e. The van der Waals surface area contributed by atoms with Crippen LogP contribution in [0.2, 0.25) is 0 Å². The minimum atomic E-state index is 0.0903. The van der Waals surface area contributed by atoms with Gasteiger partial charge in [-0.2, -0.15) is 0 Å². The summed E-state index contributed by atoms with van der Waals surface area (Å²) >= 11 is 0. The van der Waals surface area contributed by atoms with E-state index >= 15 is 0 Å². The number of anilines is 2. The van der Waals surface area contributed by atoms with Crippen LogP contribution in [0.5, 0.6) is 0 Å². The van der Waals surface area contributed by atoms with Crippen molar-refractivity contribution in [2.24, 2.45) is 5.92 Å². The number of ether oxygens (including phenoxy) is 1. The summed E-state index contributed by atoms with van der Waals surface area (Å²) in [6, 6.07) is 3.77. The number of aromatic nitrogens is 1. The molecule has 1 saturated heterocycles. The van der Waals surface area contributed by atoms with E-state index in [1.165, 1.54) is 0 Å². The summed E-state index contributed by atoms with van der Waals surface area (Å²) < 4.78 is 5.54. The van der Waals surface area contributed by atoms with Crippen molar-refractivity contribution in [1.82, 2.24) is 4.98 Å². The Bertz CT molecular complexity index is 437. The Morgan fingerprint density at radius 3 is 2.89 bits per heavy atom. The second-order valence-electron chi connectivity index (χ2n) is 5.21. The molecule has 0 bridgehead atoms. The molecule has 2 fully saturated rings. The zero-order valence-electron chi connectivity index (χ0n) is 10.9. The highest BCUT2D eigenvalue weighted by Crippen LogP contribution is 2.29. The van der Waals surface area contributed by atoms with Gasteiger partial charge >= 0.3 is 0 Å². The molecule has 1 atom stereocenters. The largest absolute Gasteiger partial charge is 0.381 e. The maximum atomic E-state index is 11.6. The van der Waals surface area contributed by atoms with E-state index in [1.54, 1.807) is 6.20 Å². The van der Waals surface area contributed by atoms with Gasteiger partial charge in [-0.15, -0.1) is 0 Å². The fourth-order valence-corrected chi connectivity index (χ4v) is 2.18. The van der Waals surface area contributed by atoms with Crippen molar-refractivity contribution in [2.75, 3.05) is 23.8 Å². The van der Waals surface area contributed by atoms with Crippen LogP contribution >= 0.6 is 0 Å². The van der Waals surface area contributed by atoms with E-state index in [0.717, 1.165) is 44.5 Å². The first-order chi connectivity index (χ1) is 9.31. The Balaban J connectivity index is 1.48. The van der Waals surface area contributed by atoms with Crippen molar-refractivity contribution in [3.63, 3.8) is 0 Å². The van der Waals surface area contributed by atoms with E-state index < -0.39 is 0 Å². The summed E-state index contributed by atoms with van der Waals surface area (Å²) in [7, 11) is 0. The molecule has 1 aromatic rings. The molecular weight excluding hydrogens is 242 g/mol. The van der Waals surface area contributed by atoms with E-state index in [4.69, 9.17) is 4.74 Å². The molecular formula is C14H19N3O2. The van der Waals surface area contributed by atoms with Gasteiger partial charge in [0.1, 0.15) is 5.82 Å². The first-order valence-electron chi connectivity index (χ1n) is 6.93. The lowest BCUT2D eigenvalue weighted by Crippen LogP contribution is -2.18. The highest BCUT2D eigenvalue weighted by Gasteiger charge is 2.29. The van der Waals surface area contributed by atoms with Crippen molar-refractivity contribution in [1.29, 1.82) is 0 Å². The smallest absolute Gasteiger partial charge is 0.228 e. The van der Waals surface area contributed by atoms with Gasteiger partial charge in [0.25, 0.3) is 0 Å². The number of rotatable bonds is 5. The predicted molar refractivity (Wildman–Crippen MR) is 73.1 cm³/mol. The van der Waals surface area contributed by atoms with Crippen LogP contribution in [0.15, 0.2) is 18.3 Å². The van der Waals surface area contributed by atoms with Gasteiger partial charge in [0, 0.05) is 19.1 Å². The zero-order valence-corrected chi connectivity index (χ0v) is 10.9. The summed E-state index contributed by atoms with van der Waals surface area (Å²) in [5.74, 6) is 0.922. The van der Waals surface area contributed by atoms with Crippen LogP contribution in [-0.2, 0) is 9.53 Å². The lowest BCUT2D eigenvalue weighted by Gasteiger charge is -2.12. The number of carbonyl (C=O) groups excluding carboxylic acids is 1. The second-order valence-corrected chi connectivity index (χ2v) is 5.21. The third-order valence-corrected chi connectivity index (χ3v) is 3.52. The Kier molecular flexibility index (Phi) is 3.64. The van der Waals surface area contributed by atoms with Gasteiger partial charge in [0.2, 0.25) is 5.91 Å². The summed E-state index contributed by atoms with van der Waals surface area (Å²) in [4.78, 5) is 15.8. The summed E-state index contributed by atoms with van der Waals surface area (Å²) in [6.45, 7) is 1.69. The number of carbonyl (C=O) groups is 1. The fraction of sp³-hybridized carbons (Fsp3) is 0.571.